The lowest BCUT2D eigenvalue weighted by Gasteiger charge is -2.45. The topological polar surface area (TPSA) is 58.4 Å². The van der Waals surface area contributed by atoms with Crippen molar-refractivity contribution in [2.24, 2.45) is 0 Å². The molecule has 3 aromatic carbocycles. The lowest BCUT2D eigenvalue weighted by Crippen LogP contribution is -2.49. The van der Waals surface area contributed by atoms with E-state index in [4.69, 9.17) is 18.2 Å². The molecule has 6 heteroatoms. The molecule has 0 saturated carbocycles. The van der Waals surface area contributed by atoms with Gasteiger partial charge in [0.1, 0.15) is 6.07 Å². The Hall–Kier alpha value is -3.82. The van der Waals surface area contributed by atoms with E-state index in [1.165, 1.54) is 5.56 Å². The van der Waals surface area contributed by atoms with Crippen molar-refractivity contribution in [3.05, 3.63) is 105 Å². The number of nitrogens with zero attached hydrogens (tertiary/aromatic N) is 5. The number of hydrogen-bond donors (Lipinski definition) is 0. The summed E-state index contributed by atoms with van der Waals surface area (Å²) in [6.45, 7) is 11.7. The van der Waals surface area contributed by atoms with Crippen LogP contribution in [-0.2, 0) is 0 Å². The van der Waals surface area contributed by atoms with Crippen molar-refractivity contribution >= 4 is 23.0 Å². The summed E-state index contributed by atoms with van der Waals surface area (Å²) in [5.41, 5.74) is 4.75. The third-order valence-corrected chi connectivity index (χ3v) is 6.53. The Morgan fingerprint density at radius 3 is 2.36 bits per heavy atom. The quantitative estimate of drug-likeness (QED) is 0.439. The van der Waals surface area contributed by atoms with E-state index in [2.05, 4.69) is 33.7 Å². The second-order valence-electron chi connectivity index (χ2n) is 8.09. The van der Waals surface area contributed by atoms with Crippen LogP contribution in [0, 0.1) is 29.2 Å². The van der Waals surface area contributed by atoms with Gasteiger partial charge in [-0.25, -0.2) is 4.85 Å². The normalized spacial score (nSPS) is 16.9. The average Bonchev–Trinajstić information content (AvgIpc) is 2.88. The Bertz CT molecular complexity index is 1260. The molecule has 1 fully saturated rings. The second-order valence-corrected chi connectivity index (χ2v) is 8.53. The molecule has 0 radical (unpaired) electrons. The van der Waals surface area contributed by atoms with Crippen molar-refractivity contribution < 1.29 is 0 Å². The lowest BCUT2D eigenvalue weighted by atomic mass is 9.97. The fourth-order valence-corrected chi connectivity index (χ4v) is 4.52. The Balaban J connectivity index is 1.68. The highest BCUT2D eigenvalue weighted by atomic mass is 35.5. The number of nitriles is 2. The average molecular weight is 452 g/mol. The minimum atomic E-state index is 0.0148. The zero-order valence-electron chi connectivity index (χ0n) is 18.2. The molecule has 0 spiro atoms. The third kappa shape index (κ3) is 4.69. The largest absolute Gasteiger partial charge is 0.361 e. The zero-order chi connectivity index (χ0) is 23.4. The summed E-state index contributed by atoms with van der Waals surface area (Å²) in [6, 6.07) is 25.5. The number of anilines is 1. The van der Waals surface area contributed by atoms with Gasteiger partial charge in [0.2, 0.25) is 0 Å². The highest BCUT2D eigenvalue weighted by Gasteiger charge is 2.32. The second kappa shape index (κ2) is 9.76. The molecule has 1 heterocycles. The Labute approximate surface area is 199 Å². The molecular weight excluding hydrogens is 430 g/mol. The van der Waals surface area contributed by atoms with Crippen molar-refractivity contribution in [3.63, 3.8) is 0 Å². The predicted octanol–water partition coefficient (Wildman–Crippen LogP) is 6.26. The van der Waals surface area contributed by atoms with Crippen LogP contribution < -0.4 is 4.90 Å². The van der Waals surface area contributed by atoms with Gasteiger partial charge < -0.3 is 4.90 Å². The van der Waals surface area contributed by atoms with Gasteiger partial charge in [-0.15, -0.1) is 0 Å². The van der Waals surface area contributed by atoms with Crippen molar-refractivity contribution in [1.29, 1.82) is 10.5 Å². The van der Waals surface area contributed by atoms with Crippen molar-refractivity contribution in [3.8, 4) is 12.1 Å². The predicted molar refractivity (Wildman–Crippen MR) is 130 cm³/mol. The first-order chi connectivity index (χ1) is 16.0. The van der Waals surface area contributed by atoms with Crippen molar-refractivity contribution in [1.82, 2.24) is 4.90 Å². The standard InChI is InChI=1S/C27H22ClN5/c1-19(21-6-10-25(31-2)11-7-21)32-13-14-33(26-12-3-20(16-29)15-23(26)17-30)27(18-32)22-4-8-24(28)9-5-22/h3-12,15,19,27H,13-14,18H2,1H3/t19-,27-/m0/s1. The summed E-state index contributed by atoms with van der Waals surface area (Å²) < 4.78 is 0. The van der Waals surface area contributed by atoms with E-state index in [1.54, 1.807) is 12.1 Å². The van der Waals surface area contributed by atoms with Crippen LogP contribution in [0.1, 0.15) is 41.3 Å². The number of hydrogen-bond acceptors (Lipinski definition) is 4. The molecule has 2 atom stereocenters. The molecule has 0 unspecified atom stereocenters. The molecule has 33 heavy (non-hydrogen) atoms. The van der Waals surface area contributed by atoms with Gasteiger partial charge in [0, 0.05) is 30.7 Å². The maximum absolute atomic E-state index is 9.76. The molecule has 0 aliphatic carbocycles. The first kappa shape index (κ1) is 22.4. The number of rotatable bonds is 4. The summed E-state index contributed by atoms with van der Waals surface area (Å²) in [5, 5.41) is 19.7. The first-order valence-electron chi connectivity index (χ1n) is 10.7. The Kier molecular flexibility index (Phi) is 6.62. The van der Waals surface area contributed by atoms with Crippen LogP contribution in [0.25, 0.3) is 4.85 Å². The number of halogens is 1. The van der Waals surface area contributed by atoms with Crippen LogP contribution in [0.2, 0.25) is 5.02 Å². The fourth-order valence-electron chi connectivity index (χ4n) is 4.40. The molecule has 1 aliphatic heterocycles. The highest BCUT2D eigenvalue weighted by molar-refractivity contribution is 6.30. The molecule has 5 nitrogen and oxygen atoms in total. The molecule has 1 saturated heterocycles. The van der Waals surface area contributed by atoms with Crippen LogP contribution in [0.4, 0.5) is 11.4 Å². The summed E-state index contributed by atoms with van der Waals surface area (Å²) in [7, 11) is 0. The minimum absolute atomic E-state index is 0.0148. The van der Waals surface area contributed by atoms with Crippen LogP contribution in [-0.4, -0.2) is 24.5 Å². The smallest absolute Gasteiger partial charge is 0.187 e. The van der Waals surface area contributed by atoms with Gasteiger partial charge in [0.25, 0.3) is 0 Å². The van der Waals surface area contributed by atoms with Gasteiger partial charge in [0.05, 0.1) is 35.5 Å². The number of piperazine rings is 1. The fraction of sp³-hybridized carbons (Fsp3) is 0.222. The monoisotopic (exact) mass is 451 g/mol. The molecule has 1 aliphatic rings. The molecule has 0 bridgehead atoms. The van der Waals surface area contributed by atoms with Crippen LogP contribution in [0.15, 0.2) is 66.7 Å². The van der Waals surface area contributed by atoms with Crippen molar-refractivity contribution in [2.75, 3.05) is 24.5 Å². The zero-order valence-corrected chi connectivity index (χ0v) is 19.0. The van der Waals surface area contributed by atoms with Gasteiger partial charge in [-0.3, -0.25) is 4.90 Å². The van der Waals surface area contributed by atoms with E-state index < -0.39 is 0 Å². The minimum Gasteiger partial charge on any atom is -0.361 e. The maximum Gasteiger partial charge on any atom is 0.187 e. The van der Waals surface area contributed by atoms with Gasteiger partial charge in [-0.1, -0.05) is 48.0 Å². The van der Waals surface area contributed by atoms with Crippen molar-refractivity contribution in [2.45, 2.75) is 19.0 Å². The van der Waals surface area contributed by atoms with E-state index in [0.29, 0.717) is 21.8 Å². The molecule has 162 valence electrons. The van der Waals surface area contributed by atoms with E-state index >= 15 is 0 Å². The van der Waals surface area contributed by atoms with Gasteiger partial charge in [-0.2, -0.15) is 10.5 Å². The lowest BCUT2D eigenvalue weighted by molar-refractivity contribution is 0.171. The highest BCUT2D eigenvalue weighted by Crippen LogP contribution is 2.36. The SMILES string of the molecule is [C-]#[N+]c1ccc([C@H](C)N2CCN(c3ccc(C#N)cc3C#N)[C@H](c3ccc(Cl)cc3)C2)cc1. The Morgan fingerprint density at radius 2 is 1.73 bits per heavy atom. The first-order valence-corrected chi connectivity index (χ1v) is 11.1. The Morgan fingerprint density at radius 1 is 1.00 bits per heavy atom. The summed E-state index contributed by atoms with van der Waals surface area (Å²) >= 11 is 6.15. The molecule has 4 rings (SSSR count). The van der Waals surface area contributed by atoms with Gasteiger partial charge >= 0.3 is 0 Å². The van der Waals surface area contributed by atoms with E-state index in [0.717, 1.165) is 30.9 Å². The summed E-state index contributed by atoms with van der Waals surface area (Å²) in [5.74, 6) is 0. The molecule has 0 aromatic heterocycles. The number of benzene rings is 3. The third-order valence-electron chi connectivity index (χ3n) is 6.27. The van der Waals surface area contributed by atoms with Crippen LogP contribution in [0.5, 0.6) is 0 Å². The summed E-state index contributed by atoms with van der Waals surface area (Å²) in [6.07, 6.45) is 0. The summed E-state index contributed by atoms with van der Waals surface area (Å²) in [4.78, 5) is 8.17. The molecule has 3 aromatic rings. The van der Waals surface area contributed by atoms with Gasteiger partial charge in [0.15, 0.2) is 5.69 Å². The molecule has 0 N–H and O–H groups in total. The van der Waals surface area contributed by atoms with Crippen LogP contribution >= 0.6 is 11.6 Å². The van der Waals surface area contributed by atoms with Crippen LogP contribution in [0.3, 0.4) is 0 Å². The van der Waals surface area contributed by atoms with E-state index in [-0.39, 0.29) is 12.1 Å². The van der Waals surface area contributed by atoms with Gasteiger partial charge in [-0.05, 0) is 48.4 Å². The molecular formula is C27H22ClN5. The maximum atomic E-state index is 9.76. The van der Waals surface area contributed by atoms with E-state index in [1.807, 2.05) is 54.6 Å². The van der Waals surface area contributed by atoms with E-state index in [9.17, 15) is 10.5 Å². The molecule has 0 amide bonds.